The molecule has 0 bridgehead atoms. The van der Waals surface area contributed by atoms with E-state index in [0.29, 0.717) is 6.42 Å². The Morgan fingerprint density at radius 2 is 1.95 bits per heavy atom. The molecule has 0 aromatic heterocycles. The molecule has 0 heterocycles. The van der Waals surface area contributed by atoms with E-state index in [2.05, 4.69) is 11.9 Å². The van der Waals surface area contributed by atoms with Crippen molar-refractivity contribution in [2.75, 3.05) is 0 Å². The normalized spacial score (nSPS) is 11.6. The molecule has 6 heteroatoms. The van der Waals surface area contributed by atoms with Gasteiger partial charge in [-0.05, 0) is 43.0 Å². The molecule has 0 unspecified atom stereocenters. The highest BCUT2D eigenvalue weighted by atomic mass is 16.4. The van der Waals surface area contributed by atoms with Crippen LogP contribution in [0.1, 0.15) is 29.5 Å². The number of hydrogen-bond acceptors (Lipinski definition) is 4. The van der Waals surface area contributed by atoms with Crippen LogP contribution in [0.5, 0.6) is 0 Å². The molecule has 0 radical (unpaired) electrons. The van der Waals surface area contributed by atoms with Gasteiger partial charge < -0.3 is 15.4 Å². The molecule has 22 heavy (non-hydrogen) atoms. The fourth-order valence-electron chi connectivity index (χ4n) is 2.03. The van der Waals surface area contributed by atoms with Crippen LogP contribution >= 0.6 is 0 Å². The number of ketones is 1. The maximum Gasteiger partial charge on any atom is 0.475 e. The van der Waals surface area contributed by atoms with E-state index in [9.17, 15) is 19.6 Å². The quantitative estimate of drug-likeness (QED) is 0.491. The Balaban J connectivity index is 2.65. The summed E-state index contributed by atoms with van der Waals surface area (Å²) in [6.07, 6.45) is 1.54. The topological polar surface area (TPSA) is 86.6 Å². The summed E-state index contributed by atoms with van der Waals surface area (Å²) in [5.74, 6) is -1.42. The fraction of sp³-hybridized carbons (Fsp3) is 0.375. The number of carbonyl (C=O) groups is 2. The number of benzene rings is 1. The lowest BCUT2D eigenvalue weighted by Crippen LogP contribution is -2.47. The molecule has 5 nitrogen and oxygen atoms in total. The van der Waals surface area contributed by atoms with E-state index in [4.69, 9.17) is 0 Å². The first kappa shape index (κ1) is 18.1. The minimum atomic E-state index is -1.67. The summed E-state index contributed by atoms with van der Waals surface area (Å²) in [6.45, 7) is 7.31. The molecule has 0 aliphatic rings. The Hall–Kier alpha value is -1.92. The minimum Gasteiger partial charge on any atom is -0.426 e. The van der Waals surface area contributed by atoms with Crippen LogP contribution in [0.15, 0.2) is 30.9 Å². The molecule has 118 valence electrons. The Bertz CT molecular complexity index is 557. The van der Waals surface area contributed by atoms with Gasteiger partial charge in [0.15, 0.2) is 5.78 Å². The number of amides is 1. The lowest BCUT2D eigenvalue weighted by atomic mass is 9.75. The molecule has 0 aliphatic heterocycles. The van der Waals surface area contributed by atoms with Gasteiger partial charge in [0.1, 0.15) is 0 Å². The third-order valence-electron chi connectivity index (χ3n) is 3.56. The van der Waals surface area contributed by atoms with E-state index in [-0.39, 0.29) is 18.6 Å². The van der Waals surface area contributed by atoms with Gasteiger partial charge in [0, 0.05) is 12.8 Å². The summed E-state index contributed by atoms with van der Waals surface area (Å²) in [5, 5.41) is 21.4. The van der Waals surface area contributed by atoms with Gasteiger partial charge in [0.2, 0.25) is 5.91 Å². The van der Waals surface area contributed by atoms with E-state index in [1.165, 1.54) is 6.08 Å². The first-order valence-corrected chi connectivity index (χ1v) is 7.20. The maximum absolute atomic E-state index is 11.8. The molecular weight excluding hydrogens is 281 g/mol. The van der Waals surface area contributed by atoms with Crippen LogP contribution < -0.4 is 5.32 Å². The van der Waals surface area contributed by atoms with E-state index in [1.54, 1.807) is 0 Å². The smallest absolute Gasteiger partial charge is 0.426 e. The monoisotopic (exact) mass is 303 g/mol. The fourth-order valence-corrected chi connectivity index (χ4v) is 2.03. The molecule has 3 N–H and O–H groups in total. The van der Waals surface area contributed by atoms with Crippen molar-refractivity contribution in [1.29, 1.82) is 0 Å². The standard InChI is InChI=1S/C16H22BNO4/c1-4-14(19)7-8-16(20)18-15(17(21)22)10-13-6-5-11(2)12(3)9-13/h4-6,9,15,21-22H,1,7-8,10H2,2-3H3,(H,18,20)/t15-/m0/s1. The number of carbonyl (C=O) groups excluding carboxylic acids is 2. The van der Waals surface area contributed by atoms with Gasteiger partial charge >= 0.3 is 7.12 Å². The molecule has 1 rings (SSSR count). The van der Waals surface area contributed by atoms with Crippen LogP contribution in [0.4, 0.5) is 0 Å². The SMILES string of the molecule is C=CC(=O)CCC(=O)N[C@@H](Cc1ccc(C)c(C)c1)B(O)O. The Morgan fingerprint density at radius 1 is 1.27 bits per heavy atom. The van der Waals surface area contributed by atoms with Gasteiger partial charge in [-0.1, -0.05) is 24.8 Å². The van der Waals surface area contributed by atoms with Crippen molar-refractivity contribution in [2.24, 2.45) is 0 Å². The van der Waals surface area contributed by atoms with Crippen molar-refractivity contribution in [3.8, 4) is 0 Å². The van der Waals surface area contributed by atoms with Crippen LogP contribution in [0.25, 0.3) is 0 Å². The Morgan fingerprint density at radius 3 is 2.50 bits per heavy atom. The predicted octanol–water partition coefficient (Wildman–Crippen LogP) is 0.878. The van der Waals surface area contributed by atoms with Crippen molar-refractivity contribution >= 4 is 18.8 Å². The maximum atomic E-state index is 11.8. The minimum absolute atomic E-state index is 0.000991. The average molecular weight is 303 g/mol. The number of hydrogen-bond donors (Lipinski definition) is 3. The lowest BCUT2D eigenvalue weighted by molar-refractivity contribution is -0.124. The molecule has 1 aromatic carbocycles. The number of aryl methyl sites for hydroxylation is 2. The average Bonchev–Trinajstić information content (AvgIpc) is 2.47. The van der Waals surface area contributed by atoms with Crippen molar-refractivity contribution in [1.82, 2.24) is 5.32 Å². The second-order valence-corrected chi connectivity index (χ2v) is 5.38. The van der Waals surface area contributed by atoms with Crippen molar-refractivity contribution in [2.45, 2.75) is 39.1 Å². The summed E-state index contributed by atoms with van der Waals surface area (Å²) in [6, 6.07) is 5.80. The predicted molar refractivity (Wildman–Crippen MR) is 86.2 cm³/mol. The van der Waals surface area contributed by atoms with Gasteiger partial charge in [-0.2, -0.15) is 0 Å². The molecule has 0 spiro atoms. The zero-order valence-electron chi connectivity index (χ0n) is 13.0. The van der Waals surface area contributed by atoms with E-state index >= 15 is 0 Å². The Labute approximate surface area is 131 Å². The van der Waals surface area contributed by atoms with Crippen LogP contribution in [0.2, 0.25) is 0 Å². The molecular formula is C16H22BNO4. The second kappa shape index (κ2) is 8.51. The van der Waals surface area contributed by atoms with Gasteiger partial charge in [0.05, 0.1) is 5.94 Å². The largest absolute Gasteiger partial charge is 0.475 e. The summed E-state index contributed by atoms with van der Waals surface area (Å²) < 4.78 is 0. The zero-order valence-corrected chi connectivity index (χ0v) is 13.0. The summed E-state index contributed by atoms with van der Waals surface area (Å²) in [7, 11) is -1.67. The highest BCUT2D eigenvalue weighted by Gasteiger charge is 2.25. The van der Waals surface area contributed by atoms with Crippen molar-refractivity contribution in [3.05, 3.63) is 47.5 Å². The molecule has 1 amide bonds. The van der Waals surface area contributed by atoms with E-state index < -0.39 is 19.0 Å². The number of nitrogens with one attached hydrogen (secondary N) is 1. The highest BCUT2D eigenvalue weighted by Crippen LogP contribution is 2.12. The highest BCUT2D eigenvalue weighted by molar-refractivity contribution is 6.43. The van der Waals surface area contributed by atoms with Gasteiger partial charge in [-0.3, -0.25) is 9.59 Å². The number of rotatable bonds is 8. The van der Waals surface area contributed by atoms with E-state index in [0.717, 1.165) is 16.7 Å². The Kier molecular flexibility index (Phi) is 7.01. The van der Waals surface area contributed by atoms with Gasteiger partial charge in [-0.25, -0.2) is 0 Å². The summed E-state index contributed by atoms with van der Waals surface area (Å²) in [5.41, 5.74) is 3.16. The first-order chi connectivity index (χ1) is 10.3. The second-order valence-electron chi connectivity index (χ2n) is 5.38. The van der Waals surface area contributed by atoms with Crippen LogP contribution in [-0.2, 0) is 16.0 Å². The van der Waals surface area contributed by atoms with Crippen LogP contribution in [0, 0.1) is 13.8 Å². The molecule has 1 aromatic rings. The molecule has 0 saturated carbocycles. The lowest BCUT2D eigenvalue weighted by Gasteiger charge is -2.18. The van der Waals surface area contributed by atoms with E-state index in [1.807, 2.05) is 32.0 Å². The molecule has 0 fully saturated rings. The van der Waals surface area contributed by atoms with Gasteiger partial charge in [0.25, 0.3) is 0 Å². The molecule has 1 atom stereocenters. The van der Waals surface area contributed by atoms with Crippen LogP contribution in [-0.4, -0.2) is 34.8 Å². The summed E-state index contributed by atoms with van der Waals surface area (Å²) >= 11 is 0. The zero-order chi connectivity index (χ0) is 16.7. The van der Waals surface area contributed by atoms with Gasteiger partial charge in [-0.15, -0.1) is 0 Å². The summed E-state index contributed by atoms with van der Waals surface area (Å²) in [4.78, 5) is 22.9. The molecule has 0 aliphatic carbocycles. The molecule has 0 saturated heterocycles. The first-order valence-electron chi connectivity index (χ1n) is 7.20. The van der Waals surface area contributed by atoms with Crippen molar-refractivity contribution in [3.63, 3.8) is 0 Å². The third-order valence-corrected chi connectivity index (χ3v) is 3.56. The third kappa shape index (κ3) is 5.83. The van der Waals surface area contributed by atoms with Crippen LogP contribution in [0.3, 0.4) is 0 Å². The number of allylic oxidation sites excluding steroid dienone is 1. The van der Waals surface area contributed by atoms with Crippen molar-refractivity contribution < 1.29 is 19.6 Å².